The van der Waals surface area contributed by atoms with Crippen molar-refractivity contribution in [3.05, 3.63) is 131 Å². The molecule has 1 aliphatic heterocycles. The Morgan fingerprint density at radius 2 is 1.47 bits per heavy atom. The third kappa shape index (κ3) is 7.59. The molecule has 0 aliphatic carbocycles. The Bertz CT molecular complexity index is 1660. The maximum absolute atomic E-state index is 13.6. The number of β-lactam (4-membered cyclic amide) rings is 1. The number of ether oxygens (including phenoxy) is 1. The molecular formula is C35H30F2N2O6. The second-order valence-electron chi connectivity index (χ2n) is 10.7. The van der Waals surface area contributed by atoms with Crippen LogP contribution >= 0.6 is 0 Å². The van der Waals surface area contributed by atoms with Gasteiger partial charge in [-0.2, -0.15) is 0 Å². The molecule has 2 unspecified atom stereocenters. The molecule has 4 aromatic rings. The zero-order chi connectivity index (χ0) is 31.9. The second-order valence-corrected chi connectivity index (χ2v) is 10.7. The van der Waals surface area contributed by atoms with E-state index in [0.717, 1.165) is 11.1 Å². The minimum Gasteiger partial charge on any atom is -0.484 e. The summed E-state index contributed by atoms with van der Waals surface area (Å²) >= 11 is 0. The molecule has 0 radical (unpaired) electrons. The molecule has 0 spiro atoms. The van der Waals surface area contributed by atoms with E-state index >= 15 is 0 Å². The Hall–Kier alpha value is -5.38. The van der Waals surface area contributed by atoms with Gasteiger partial charge in [-0.05, 0) is 78.2 Å². The van der Waals surface area contributed by atoms with Crippen LogP contribution in [0, 0.1) is 17.6 Å². The van der Waals surface area contributed by atoms with Crippen molar-refractivity contribution in [1.29, 1.82) is 0 Å². The standard InChI is InChI=1S/C35H30F2N2O6/c36-25-10-6-23(7-11-25)31(40)19-18-29-33(39(34(29)42)27-14-12-26(37)13-15-27)24-8-16-28(17-9-24)45-21-32(41)38-30(35(43)44)20-22-4-2-1-3-5-22/h1-17,29-30,33H,18-21H2,(H,38,41)(H,43,44)/t29?,30-,33?/m0/s1. The second kappa shape index (κ2) is 13.9. The molecule has 0 aromatic heterocycles. The topological polar surface area (TPSA) is 113 Å². The number of halogens is 2. The van der Waals surface area contributed by atoms with Crippen molar-refractivity contribution in [1.82, 2.24) is 5.32 Å². The lowest BCUT2D eigenvalue weighted by Gasteiger charge is -2.47. The fourth-order valence-corrected chi connectivity index (χ4v) is 5.36. The number of aliphatic carboxylic acids is 1. The highest BCUT2D eigenvalue weighted by atomic mass is 19.1. The van der Waals surface area contributed by atoms with E-state index in [1.165, 1.54) is 48.5 Å². The lowest BCUT2D eigenvalue weighted by atomic mass is 9.78. The molecule has 2 amide bonds. The molecule has 3 atom stereocenters. The number of rotatable bonds is 13. The van der Waals surface area contributed by atoms with Gasteiger partial charge in [0.2, 0.25) is 5.91 Å². The largest absolute Gasteiger partial charge is 0.484 e. The molecule has 0 saturated carbocycles. The van der Waals surface area contributed by atoms with Gasteiger partial charge in [0.25, 0.3) is 5.91 Å². The number of nitrogens with one attached hydrogen (secondary N) is 1. The predicted octanol–water partition coefficient (Wildman–Crippen LogP) is 5.52. The van der Waals surface area contributed by atoms with Crippen molar-refractivity contribution in [2.75, 3.05) is 11.5 Å². The summed E-state index contributed by atoms with van der Waals surface area (Å²) in [6, 6.07) is 24.9. The molecule has 1 saturated heterocycles. The first-order chi connectivity index (χ1) is 21.7. The van der Waals surface area contributed by atoms with Crippen molar-refractivity contribution in [3.63, 3.8) is 0 Å². The number of hydrogen-bond acceptors (Lipinski definition) is 5. The van der Waals surface area contributed by atoms with Crippen LogP contribution in [0.25, 0.3) is 0 Å². The van der Waals surface area contributed by atoms with Gasteiger partial charge in [0.1, 0.15) is 23.4 Å². The first kappa shape index (κ1) is 31.1. The van der Waals surface area contributed by atoms with E-state index < -0.39 is 48.1 Å². The van der Waals surface area contributed by atoms with Crippen molar-refractivity contribution in [2.45, 2.75) is 31.3 Å². The third-order valence-corrected chi connectivity index (χ3v) is 7.67. The highest BCUT2D eigenvalue weighted by molar-refractivity contribution is 6.04. The quantitative estimate of drug-likeness (QED) is 0.152. The molecular weight excluding hydrogens is 582 g/mol. The van der Waals surface area contributed by atoms with Crippen LogP contribution in [0.4, 0.5) is 14.5 Å². The Labute approximate surface area is 258 Å². The summed E-state index contributed by atoms with van der Waals surface area (Å²) in [6.07, 6.45) is 0.454. The summed E-state index contributed by atoms with van der Waals surface area (Å²) in [5.41, 5.74) is 2.37. The van der Waals surface area contributed by atoms with Crippen molar-refractivity contribution < 1.29 is 37.8 Å². The van der Waals surface area contributed by atoms with Crippen LogP contribution in [0.2, 0.25) is 0 Å². The molecule has 10 heteroatoms. The van der Waals surface area contributed by atoms with Gasteiger partial charge >= 0.3 is 5.97 Å². The van der Waals surface area contributed by atoms with Gasteiger partial charge < -0.3 is 20.1 Å². The molecule has 8 nitrogen and oxygen atoms in total. The van der Waals surface area contributed by atoms with E-state index in [9.17, 15) is 33.1 Å². The molecule has 230 valence electrons. The van der Waals surface area contributed by atoms with Gasteiger partial charge in [-0.25, -0.2) is 13.6 Å². The molecule has 5 rings (SSSR count). The average molecular weight is 613 g/mol. The average Bonchev–Trinajstić information content (AvgIpc) is 3.04. The summed E-state index contributed by atoms with van der Waals surface area (Å²) < 4.78 is 32.5. The van der Waals surface area contributed by atoms with Gasteiger partial charge in [0, 0.05) is 24.1 Å². The van der Waals surface area contributed by atoms with E-state index in [1.807, 2.05) is 6.07 Å². The third-order valence-electron chi connectivity index (χ3n) is 7.67. The first-order valence-electron chi connectivity index (χ1n) is 14.4. The Morgan fingerprint density at radius 3 is 2.09 bits per heavy atom. The van der Waals surface area contributed by atoms with E-state index in [2.05, 4.69) is 5.32 Å². The number of carboxylic acids is 1. The summed E-state index contributed by atoms with van der Waals surface area (Å²) in [7, 11) is 0. The number of hydrogen-bond donors (Lipinski definition) is 2. The number of carbonyl (C=O) groups excluding carboxylic acids is 3. The maximum Gasteiger partial charge on any atom is 0.326 e. The van der Waals surface area contributed by atoms with Crippen LogP contribution in [0.15, 0.2) is 103 Å². The summed E-state index contributed by atoms with van der Waals surface area (Å²) in [5.74, 6) is -3.25. The van der Waals surface area contributed by atoms with Gasteiger partial charge in [-0.1, -0.05) is 42.5 Å². The molecule has 0 bridgehead atoms. The molecule has 4 aromatic carbocycles. The monoisotopic (exact) mass is 612 g/mol. The van der Waals surface area contributed by atoms with Crippen LogP contribution in [0.5, 0.6) is 5.75 Å². The fourth-order valence-electron chi connectivity index (χ4n) is 5.36. The lowest BCUT2D eigenvalue weighted by Crippen LogP contribution is -2.55. The minimum absolute atomic E-state index is 0.0771. The Balaban J connectivity index is 1.24. The van der Waals surface area contributed by atoms with E-state index in [-0.39, 0.29) is 31.0 Å². The van der Waals surface area contributed by atoms with Crippen molar-refractivity contribution in [2.24, 2.45) is 5.92 Å². The van der Waals surface area contributed by atoms with Crippen LogP contribution < -0.4 is 15.0 Å². The van der Waals surface area contributed by atoms with Gasteiger partial charge in [-0.15, -0.1) is 0 Å². The van der Waals surface area contributed by atoms with Crippen LogP contribution in [-0.2, 0) is 20.8 Å². The molecule has 1 fully saturated rings. The number of carboxylic acid groups (broad SMARTS) is 1. The molecule has 1 aliphatic rings. The van der Waals surface area contributed by atoms with Gasteiger partial charge in [-0.3, -0.25) is 14.4 Å². The number of carbonyl (C=O) groups is 4. The normalized spacial score (nSPS) is 16.4. The zero-order valence-corrected chi connectivity index (χ0v) is 24.1. The lowest BCUT2D eigenvalue weighted by molar-refractivity contribution is -0.142. The van der Waals surface area contributed by atoms with E-state index in [0.29, 0.717) is 17.0 Å². The highest BCUT2D eigenvalue weighted by Crippen LogP contribution is 2.46. The maximum atomic E-state index is 13.6. The summed E-state index contributed by atoms with van der Waals surface area (Å²) in [4.78, 5) is 51.7. The van der Waals surface area contributed by atoms with E-state index in [4.69, 9.17) is 4.74 Å². The van der Waals surface area contributed by atoms with Crippen LogP contribution in [0.3, 0.4) is 0 Å². The van der Waals surface area contributed by atoms with Crippen LogP contribution in [-0.4, -0.2) is 41.3 Å². The number of anilines is 1. The van der Waals surface area contributed by atoms with Gasteiger partial charge in [0.05, 0.1) is 12.0 Å². The fraction of sp³-hybridized carbons (Fsp3) is 0.200. The Kier molecular flexibility index (Phi) is 9.62. The van der Waals surface area contributed by atoms with Crippen LogP contribution in [0.1, 0.15) is 40.4 Å². The number of ketones is 1. The summed E-state index contributed by atoms with van der Waals surface area (Å²) in [6.45, 7) is -0.407. The van der Waals surface area contributed by atoms with Crippen molar-refractivity contribution in [3.8, 4) is 5.75 Å². The van der Waals surface area contributed by atoms with Gasteiger partial charge in [0.15, 0.2) is 12.4 Å². The highest BCUT2D eigenvalue weighted by Gasteiger charge is 2.48. The predicted molar refractivity (Wildman–Crippen MR) is 162 cm³/mol. The minimum atomic E-state index is -1.16. The van der Waals surface area contributed by atoms with E-state index in [1.54, 1.807) is 53.4 Å². The number of amides is 2. The van der Waals surface area contributed by atoms with Crippen molar-refractivity contribution >= 4 is 29.3 Å². The smallest absolute Gasteiger partial charge is 0.326 e. The number of nitrogens with zero attached hydrogens (tertiary/aromatic N) is 1. The zero-order valence-electron chi connectivity index (χ0n) is 24.1. The molecule has 45 heavy (non-hydrogen) atoms. The number of benzene rings is 4. The first-order valence-corrected chi connectivity index (χ1v) is 14.4. The summed E-state index contributed by atoms with van der Waals surface area (Å²) in [5, 5.41) is 12.0. The SMILES string of the molecule is O=C(COc1ccc(C2C(CCC(=O)c3ccc(F)cc3)C(=O)N2c2ccc(F)cc2)cc1)N[C@@H](Cc1ccccc1)C(=O)O. The number of Topliss-reactive ketones (excluding diaryl/α,β-unsaturated/α-hetero) is 1. The molecule has 2 N–H and O–H groups in total. The molecule has 1 heterocycles. The Morgan fingerprint density at radius 1 is 0.844 bits per heavy atom.